The van der Waals surface area contributed by atoms with Gasteiger partial charge in [-0.1, -0.05) is 6.07 Å². The zero-order valence-electron chi connectivity index (χ0n) is 10.0. The molecule has 0 aliphatic heterocycles. The van der Waals surface area contributed by atoms with Crippen molar-refractivity contribution in [3.63, 3.8) is 0 Å². The minimum Gasteiger partial charge on any atom is -0.397 e. The van der Waals surface area contributed by atoms with E-state index in [-0.39, 0.29) is 5.91 Å². The lowest BCUT2D eigenvalue weighted by atomic mass is 9.92. The summed E-state index contributed by atoms with van der Waals surface area (Å²) >= 11 is 0. The van der Waals surface area contributed by atoms with Crippen LogP contribution in [0.5, 0.6) is 0 Å². The van der Waals surface area contributed by atoms with Crippen LogP contribution in [0.3, 0.4) is 0 Å². The first-order valence-electron chi connectivity index (χ1n) is 5.23. The lowest BCUT2D eigenvalue weighted by molar-refractivity contribution is -0.125. The number of amides is 1. The molecule has 4 heteroatoms. The predicted molar refractivity (Wildman–Crippen MR) is 67.1 cm³/mol. The van der Waals surface area contributed by atoms with Crippen molar-refractivity contribution in [2.24, 2.45) is 11.1 Å². The number of carbonyl (C=O) groups is 1. The molecule has 0 aromatic heterocycles. The number of aryl methyl sites for hydroxylation is 1. The molecule has 0 saturated carbocycles. The van der Waals surface area contributed by atoms with Gasteiger partial charge in [-0.2, -0.15) is 0 Å². The van der Waals surface area contributed by atoms with Crippen LogP contribution in [0.2, 0.25) is 0 Å². The van der Waals surface area contributed by atoms with Crippen LogP contribution in [-0.2, 0) is 4.79 Å². The van der Waals surface area contributed by atoms with E-state index in [9.17, 15) is 4.79 Å². The van der Waals surface area contributed by atoms with Gasteiger partial charge in [0, 0.05) is 6.54 Å². The van der Waals surface area contributed by atoms with E-state index in [0.29, 0.717) is 12.2 Å². The highest BCUT2D eigenvalue weighted by atomic mass is 16.1. The van der Waals surface area contributed by atoms with Crippen LogP contribution in [0.1, 0.15) is 19.4 Å². The number of nitrogens with two attached hydrogens (primary N) is 2. The summed E-state index contributed by atoms with van der Waals surface area (Å²) in [6, 6.07) is 5.76. The smallest absolute Gasteiger partial charge is 0.224 e. The maximum absolute atomic E-state index is 11.1. The Hall–Kier alpha value is -1.71. The molecular weight excluding hydrogens is 202 g/mol. The Labute approximate surface area is 96.0 Å². The van der Waals surface area contributed by atoms with Crippen molar-refractivity contribution in [1.29, 1.82) is 0 Å². The Morgan fingerprint density at radius 1 is 1.44 bits per heavy atom. The molecule has 0 unspecified atom stereocenters. The summed E-state index contributed by atoms with van der Waals surface area (Å²) in [6.07, 6.45) is 0. The number of rotatable bonds is 4. The molecule has 0 bridgehead atoms. The third kappa shape index (κ3) is 2.89. The molecular formula is C12H19N3O. The quantitative estimate of drug-likeness (QED) is 0.674. The van der Waals surface area contributed by atoms with Gasteiger partial charge in [0.2, 0.25) is 5.91 Å². The van der Waals surface area contributed by atoms with E-state index in [0.717, 1.165) is 11.3 Å². The van der Waals surface area contributed by atoms with Gasteiger partial charge in [-0.05, 0) is 38.5 Å². The highest BCUT2D eigenvalue weighted by Crippen LogP contribution is 2.22. The average Bonchev–Trinajstić information content (AvgIpc) is 2.16. The maximum atomic E-state index is 11.1. The monoisotopic (exact) mass is 221 g/mol. The molecule has 0 spiro atoms. The fourth-order valence-electron chi connectivity index (χ4n) is 1.25. The van der Waals surface area contributed by atoms with Gasteiger partial charge in [-0.25, -0.2) is 0 Å². The van der Waals surface area contributed by atoms with Crippen LogP contribution in [-0.4, -0.2) is 12.5 Å². The Kier molecular flexibility index (Phi) is 3.42. The zero-order chi connectivity index (χ0) is 12.3. The van der Waals surface area contributed by atoms with Gasteiger partial charge in [0.15, 0.2) is 0 Å². The lowest BCUT2D eigenvalue weighted by Crippen LogP contribution is -2.37. The number of anilines is 2. The van der Waals surface area contributed by atoms with Gasteiger partial charge >= 0.3 is 0 Å². The SMILES string of the molecule is Cc1ccc(NCC(C)(C)C(N)=O)c(N)c1. The predicted octanol–water partition coefficient (Wildman–Crippen LogP) is 1.50. The largest absolute Gasteiger partial charge is 0.397 e. The molecule has 4 nitrogen and oxygen atoms in total. The van der Waals surface area contributed by atoms with Crippen LogP contribution >= 0.6 is 0 Å². The Morgan fingerprint density at radius 2 is 2.06 bits per heavy atom. The molecule has 0 fully saturated rings. The third-order valence-electron chi connectivity index (χ3n) is 2.59. The second kappa shape index (κ2) is 4.43. The number of nitrogen functional groups attached to an aromatic ring is 1. The van der Waals surface area contributed by atoms with Crippen molar-refractivity contribution in [2.45, 2.75) is 20.8 Å². The maximum Gasteiger partial charge on any atom is 0.224 e. The van der Waals surface area contributed by atoms with E-state index in [1.54, 1.807) is 13.8 Å². The van der Waals surface area contributed by atoms with Gasteiger partial charge < -0.3 is 16.8 Å². The Balaban J connectivity index is 2.72. The third-order valence-corrected chi connectivity index (χ3v) is 2.59. The van der Waals surface area contributed by atoms with Crippen LogP contribution in [0.4, 0.5) is 11.4 Å². The number of primary amides is 1. The molecule has 1 aromatic rings. The van der Waals surface area contributed by atoms with Gasteiger partial charge in [0.25, 0.3) is 0 Å². The minimum absolute atomic E-state index is 0.328. The van der Waals surface area contributed by atoms with E-state index in [1.165, 1.54) is 0 Å². The fourth-order valence-corrected chi connectivity index (χ4v) is 1.25. The van der Waals surface area contributed by atoms with Gasteiger partial charge in [-0.3, -0.25) is 4.79 Å². The van der Waals surface area contributed by atoms with Crippen molar-refractivity contribution >= 4 is 17.3 Å². The average molecular weight is 221 g/mol. The summed E-state index contributed by atoms with van der Waals surface area (Å²) in [5, 5.41) is 3.14. The van der Waals surface area contributed by atoms with Crippen molar-refractivity contribution in [2.75, 3.05) is 17.6 Å². The number of hydrogen-bond acceptors (Lipinski definition) is 3. The summed E-state index contributed by atoms with van der Waals surface area (Å²) in [4.78, 5) is 11.1. The van der Waals surface area contributed by atoms with E-state index in [1.807, 2.05) is 25.1 Å². The molecule has 0 saturated heterocycles. The number of carbonyl (C=O) groups excluding carboxylic acids is 1. The molecule has 88 valence electrons. The molecule has 0 heterocycles. The molecule has 0 atom stereocenters. The van der Waals surface area contributed by atoms with Gasteiger partial charge in [-0.15, -0.1) is 0 Å². The van der Waals surface area contributed by atoms with Crippen molar-refractivity contribution in [3.8, 4) is 0 Å². The first kappa shape index (κ1) is 12.4. The van der Waals surface area contributed by atoms with Crippen LogP contribution in [0, 0.1) is 12.3 Å². The molecule has 0 aliphatic rings. The summed E-state index contributed by atoms with van der Waals surface area (Å²) in [7, 11) is 0. The molecule has 5 N–H and O–H groups in total. The normalized spacial score (nSPS) is 11.2. The fraction of sp³-hybridized carbons (Fsp3) is 0.417. The lowest BCUT2D eigenvalue weighted by Gasteiger charge is -2.22. The second-order valence-corrected chi connectivity index (χ2v) is 4.69. The topological polar surface area (TPSA) is 81.1 Å². The second-order valence-electron chi connectivity index (χ2n) is 4.69. The summed E-state index contributed by atoms with van der Waals surface area (Å²) in [5.41, 5.74) is 13.2. The van der Waals surface area contributed by atoms with E-state index in [4.69, 9.17) is 11.5 Å². The first-order valence-corrected chi connectivity index (χ1v) is 5.23. The molecule has 16 heavy (non-hydrogen) atoms. The Bertz CT molecular complexity index is 399. The van der Waals surface area contributed by atoms with Crippen molar-refractivity contribution < 1.29 is 4.79 Å². The molecule has 0 radical (unpaired) electrons. The van der Waals surface area contributed by atoms with Crippen LogP contribution < -0.4 is 16.8 Å². The van der Waals surface area contributed by atoms with Crippen molar-refractivity contribution in [1.82, 2.24) is 0 Å². The highest BCUT2D eigenvalue weighted by Gasteiger charge is 2.24. The molecule has 1 amide bonds. The minimum atomic E-state index is -0.586. The van der Waals surface area contributed by atoms with Crippen LogP contribution in [0.25, 0.3) is 0 Å². The molecule has 1 rings (SSSR count). The van der Waals surface area contributed by atoms with E-state index >= 15 is 0 Å². The summed E-state index contributed by atoms with van der Waals surface area (Å²) < 4.78 is 0. The highest BCUT2D eigenvalue weighted by molar-refractivity contribution is 5.81. The van der Waals surface area contributed by atoms with E-state index in [2.05, 4.69) is 5.32 Å². The summed E-state index contributed by atoms with van der Waals surface area (Å²) in [5.74, 6) is -0.328. The molecule has 0 aliphatic carbocycles. The van der Waals surface area contributed by atoms with Crippen LogP contribution in [0.15, 0.2) is 18.2 Å². The number of benzene rings is 1. The van der Waals surface area contributed by atoms with Crippen molar-refractivity contribution in [3.05, 3.63) is 23.8 Å². The first-order chi connectivity index (χ1) is 7.33. The standard InChI is InChI=1S/C12H19N3O/c1-8-4-5-10(9(13)6-8)15-7-12(2,3)11(14)16/h4-6,15H,7,13H2,1-3H3,(H2,14,16). The molecule has 1 aromatic carbocycles. The Morgan fingerprint density at radius 3 is 2.56 bits per heavy atom. The van der Waals surface area contributed by atoms with Gasteiger partial charge in [0.1, 0.15) is 0 Å². The van der Waals surface area contributed by atoms with Gasteiger partial charge in [0.05, 0.1) is 16.8 Å². The zero-order valence-corrected chi connectivity index (χ0v) is 10.0. The number of hydrogen-bond donors (Lipinski definition) is 3. The number of nitrogens with one attached hydrogen (secondary N) is 1. The summed E-state index contributed by atoms with van der Waals surface area (Å²) in [6.45, 7) is 6.04. The van der Waals surface area contributed by atoms with E-state index < -0.39 is 5.41 Å².